The average Bonchev–Trinajstić information content (AvgIpc) is 2.55. The Morgan fingerprint density at radius 1 is 0.783 bits per heavy atom. The van der Waals surface area contributed by atoms with Crippen molar-refractivity contribution >= 4 is 22.7 Å². The molecule has 0 spiro atoms. The summed E-state index contributed by atoms with van der Waals surface area (Å²) in [6, 6.07) is 10.6. The maximum Gasteiger partial charge on any atom is 0.150 e. The van der Waals surface area contributed by atoms with E-state index < -0.39 is 0 Å². The van der Waals surface area contributed by atoms with Gasteiger partial charge in [0.2, 0.25) is 0 Å². The van der Waals surface area contributed by atoms with E-state index in [0.29, 0.717) is 36.0 Å². The molecule has 2 aromatic carbocycles. The molecule has 0 saturated heterocycles. The molecule has 0 aliphatic heterocycles. The lowest BCUT2D eigenvalue weighted by Crippen LogP contribution is -2.06. The van der Waals surface area contributed by atoms with Crippen molar-refractivity contribution < 1.29 is 14.9 Å². The molecule has 7 nitrogen and oxygen atoms in total. The molecule has 0 atom stereocenters. The summed E-state index contributed by atoms with van der Waals surface area (Å²) in [7, 11) is 0. The van der Waals surface area contributed by atoms with E-state index >= 15 is 0 Å². The molecule has 0 bridgehead atoms. The van der Waals surface area contributed by atoms with E-state index in [-0.39, 0.29) is 13.2 Å². The van der Waals surface area contributed by atoms with Crippen LogP contribution in [0, 0.1) is 0 Å². The summed E-state index contributed by atoms with van der Waals surface area (Å²) < 4.78 is 5.75. The zero-order chi connectivity index (χ0) is 16.7. The molecule has 0 unspecified atom stereocenters. The van der Waals surface area contributed by atoms with Crippen molar-refractivity contribution in [2.45, 2.75) is 0 Å². The number of hydrogen-bond donors (Lipinski definition) is 6. The highest BCUT2D eigenvalue weighted by Crippen LogP contribution is 2.34. The number of nitrogens with one attached hydrogen (secondary N) is 2. The van der Waals surface area contributed by atoms with Crippen molar-refractivity contribution in [2.75, 3.05) is 48.4 Å². The summed E-state index contributed by atoms with van der Waals surface area (Å²) >= 11 is 0. The molecular formula is C16H22N4O3. The Balaban J connectivity index is 2.09. The number of ether oxygens (including phenoxy) is 1. The minimum absolute atomic E-state index is 0.0470. The number of rotatable bonds is 8. The molecule has 8 N–H and O–H groups in total. The zero-order valence-corrected chi connectivity index (χ0v) is 12.7. The van der Waals surface area contributed by atoms with E-state index in [0.717, 1.165) is 11.4 Å². The fraction of sp³-hybridized carbons (Fsp3) is 0.250. The summed E-state index contributed by atoms with van der Waals surface area (Å²) in [6.45, 7) is 1.00. The van der Waals surface area contributed by atoms with Gasteiger partial charge >= 0.3 is 0 Å². The first-order valence-electron chi connectivity index (χ1n) is 7.30. The first-order valence-corrected chi connectivity index (χ1v) is 7.30. The zero-order valence-electron chi connectivity index (χ0n) is 12.7. The Morgan fingerprint density at radius 3 is 1.57 bits per heavy atom. The van der Waals surface area contributed by atoms with Crippen molar-refractivity contribution in [3.8, 4) is 11.5 Å². The second kappa shape index (κ2) is 8.11. The van der Waals surface area contributed by atoms with Gasteiger partial charge in [-0.2, -0.15) is 0 Å². The number of anilines is 4. The van der Waals surface area contributed by atoms with Gasteiger partial charge in [0, 0.05) is 24.5 Å². The van der Waals surface area contributed by atoms with Crippen molar-refractivity contribution in [3.05, 3.63) is 36.4 Å². The van der Waals surface area contributed by atoms with Gasteiger partial charge in [-0.3, -0.25) is 0 Å². The number of nitrogens with two attached hydrogens (primary N) is 2. The Labute approximate surface area is 134 Å². The first-order chi connectivity index (χ1) is 11.1. The molecule has 0 saturated carbocycles. The third kappa shape index (κ3) is 4.67. The Morgan fingerprint density at radius 2 is 1.22 bits per heavy atom. The summed E-state index contributed by atoms with van der Waals surface area (Å²) in [5, 5.41) is 23.7. The van der Waals surface area contributed by atoms with Gasteiger partial charge in [-0.05, 0) is 36.4 Å². The minimum atomic E-state index is 0.0470. The fourth-order valence-corrected chi connectivity index (χ4v) is 2.02. The average molecular weight is 318 g/mol. The molecule has 0 aliphatic carbocycles. The number of benzene rings is 2. The lowest BCUT2D eigenvalue weighted by atomic mass is 10.2. The highest BCUT2D eigenvalue weighted by molar-refractivity contribution is 5.67. The van der Waals surface area contributed by atoms with E-state index in [1.54, 1.807) is 24.3 Å². The SMILES string of the molecule is Nc1cc(NCCO)ccc1Oc1ccc(NCCO)cc1N. The molecule has 0 radical (unpaired) electrons. The highest BCUT2D eigenvalue weighted by Gasteiger charge is 2.07. The normalized spacial score (nSPS) is 10.3. The van der Waals surface area contributed by atoms with Gasteiger partial charge in [0.15, 0.2) is 11.5 Å². The van der Waals surface area contributed by atoms with Crippen molar-refractivity contribution in [3.63, 3.8) is 0 Å². The molecule has 0 amide bonds. The van der Waals surface area contributed by atoms with Crippen molar-refractivity contribution in [1.82, 2.24) is 0 Å². The third-order valence-electron chi connectivity index (χ3n) is 3.12. The second-order valence-corrected chi connectivity index (χ2v) is 4.91. The molecule has 23 heavy (non-hydrogen) atoms. The monoisotopic (exact) mass is 318 g/mol. The molecule has 0 aliphatic rings. The maximum atomic E-state index is 8.80. The fourth-order valence-electron chi connectivity index (χ4n) is 2.02. The van der Waals surface area contributed by atoms with Crippen LogP contribution in [0.15, 0.2) is 36.4 Å². The van der Waals surface area contributed by atoms with Gasteiger partial charge in [-0.25, -0.2) is 0 Å². The molecule has 2 aromatic rings. The van der Waals surface area contributed by atoms with Gasteiger partial charge in [0.1, 0.15) is 0 Å². The van der Waals surface area contributed by atoms with Crippen LogP contribution >= 0.6 is 0 Å². The Kier molecular flexibility index (Phi) is 5.90. The van der Waals surface area contributed by atoms with E-state index in [1.807, 2.05) is 12.1 Å². The lowest BCUT2D eigenvalue weighted by Gasteiger charge is -2.13. The van der Waals surface area contributed by atoms with Crippen LogP contribution in [0.4, 0.5) is 22.7 Å². The van der Waals surface area contributed by atoms with Crippen LogP contribution in [0.1, 0.15) is 0 Å². The highest BCUT2D eigenvalue weighted by atomic mass is 16.5. The minimum Gasteiger partial charge on any atom is -0.453 e. The standard InChI is InChI=1S/C16H22N4O3/c17-13-9-11(19-5-7-21)1-3-15(13)23-16-4-2-12(10-14(16)18)20-6-8-22/h1-4,9-10,19-22H,5-8,17-18H2. The van der Waals surface area contributed by atoms with E-state index in [9.17, 15) is 0 Å². The van der Waals surface area contributed by atoms with Crippen molar-refractivity contribution in [1.29, 1.82) is 0 Å². The number of aliphatic hydroxyl groups is 2. The Bertz CT molecular complexity index is 594. The third-order valence-corrected chi connectivity index (χ3v) is 3.12. The Hall–Kier alpha value is -2.64. The summed E-state index contributed by atoms with van der Waals surface area (Å²) in [6.07, 6.45) is 0. The summed E-state index contributed by atoms with van der Waals surface area (Å²) in [4.78, 5) is 0. The van der Waals surface area contributed by atoms with Gasteiger partial charge in [-0.1, -0.05) is 0 Å². The second-order valence-electron chi connectivity index (χ2n) is 4.91. The number of hydrogen-bond acceptors (Lipinski definition) is 7. The van der Waals surface area contributed by atoms with Crippen LogP contribution < -0.4 is 26.8 Å². The van der Waals surface area contributed by atoms with E-state index in [2.05, 4.69) is 10.6 Å². The van der Waals surface area contributed by atoms with Crippen LogP contribution in [-0.2, 0) is 0 Å². The first kappa shape index (κ1) is 16.7. The smallest absolute Gasteiger partial charge is 0.150 e. The van der Waals surface area contributed by atoms with Crippen molar-refractivity contribution in [2.24, 2.45) is 0 Å². The van der Waals surface area contributed by atoms with E-state index in [4.69, 9.17) is 26.4 Å². The number of nitrogen functional groups attached to an aromatic ring is 2. The predicted octanol–water partition coefficient (Wildman–Crippen LogP) is 1.45. The lowest BCUT2D eigenvalue weighted by molar-refractivity contribution is 0.311. The summed E-state index contributed by atoms with van der Waals surface area (Å²) in [5.74, 6) is 1.00. The molecule has 124 valence electrons. The quantitative estimate of drug-likeness (QED) is 0.407. The number of aliphatic hydroxyl groups excluding tert-OH is 2. The molecule has 0 aromatic heterocycles. The van der Waals surface area contributed by atoms with Gasteiger partial charge in [-0.15, -0.1) is 0 Å². The molecule has 0 fully saturated rings. The largest absolute Gasteiger partial charge is 0.453 e. The maximum absolute atomic E-state index is 8.80. The van der Waals surface area contributed by atoms with Crippen LogP contribution in [0.25, 0.3) is 0 Å². The predicted molar refractivity (Wildman–Crippen MR) is 92.9 cm³/mol. The molecule has 7 heteroatoms. The van der Waals surface area contributed by atoms with Crippen LogP contribution in [-0.4, -0.2) is 36.5 Å². The van der Waals surface area contributed by atoms with Crippen LogP contribution in [0.2, 0.25) is 0 Å². The van der Waals surface area contributed by atoms with Gasteiger partial charge in [0.25, 0.3) is 0 Å². The molecule has 2 rings (SSSR count). The molecule has 0 heterocycles. The molecular weight excluding hydrogens is 296 g/mol. The topological polar surface area (TPSA) is 126 Å². The van der Waals surface area contributed by atoms with E-state index in [1.165, 1.54) is 0 Å². The van der Waals surface area contributed by atoms with Gasteiger partial charge < -0.3 is 37.1 Å². The van der Waals surface area contributed by atoms with Crippen LogP contribution in [0.3, 0.4) is 0 Å². The summed E-state index contributed by atoms with van der Waals surface area (Å²) in [5.41, 5.74) is 14.5. The van der Waals surface area contributed by atoms with Crippen LogP contribution in [0.5, 0.6) is 11.5 Å². The van der Waals surface area contributed by atoms with Gasteiger partial charge in [0.05, 0.1) is 24.6 Å².